The Kier molecular flexibility index (Phi) is 8.30. The molecule has 1 heterocycles. The number of ketones is 1. The second kappa shape index (κ2) is 11.2. The van der Waals surface area contributed by atoms with Crippen LogP contribution in [0.2, 0.25) is 0 Å². The summed E-state index contributed by atoms with van der Waals surface area (Å²) in [6, 6.07) is 12.6. The molecule has 35 heavy (non-hydrogen) atoms. The maximum absolute atomic E-state index is 13.2. The number of aliphatic hydroxyl groups is 1. The van der Waals surface area contributed by atoms with Crippen LogP contribution in [0.25, 0.3) is 5.76 Å². The summed E-state index contributed by atoms with van der Waals surface area (Å²) in [4.78, 5) is 41.1. The van der Waals surface area contributed by atoms with Crippen molar-refractivity contribution >= 4 is 23.4 Å². The van der Waals surface area contributed by atoms with Crippen molar-refractivity contribution < 1.29 is 29.0 Å². The summed E-state index contributed by atoms with van der Waals surface area (Å²) in [6.45, 7) is 6.65. The lowest BCUT2D eigenvalue weighted by molar-refractivity contribution is -0.140. The topological polar surface area (TPSA) is 96.4 Å². The van der Waals surface area contributed by atoms with Crippen molar-refractivity contribution in [3.63, 3.8) is 0 Å². The summed E-state index contributed by atoms with van der Waals surface area (Å²) < 4.78 is 11.0. The van der Waals surface area contributed by atoms with Gasteiger partial charge in [0.15, 0.2) is 0 Å². The molecule has 1 unspecified atom stereocenters. The average molecular weight is 481 g/mol. The van der Waals surface area contributed by atoms with Crippen molar-refractivity contribution in [2.75, 3.05) is 33.8 Å². The van der Waals surface area contributed by atoms with Crippen LogP contribution in [0, 0.1) is 5.92 Å². The molecule has 1 fully saturated rings. The van der Waals surface area contributed by atoms with Gasteiger partial charge >= 0.3 is 5.97 Å². The molecule has 1 amide bonds. The number of esters is 1. The Labute approximate surface area is 205 Å². The molecule has 1 N–H and O–H groups in total. The Morgan fingerprint density at radius 1 is 1.09 bits per heavy atom. The van der Waals surface area contributed by atoms with E-state index < -0.39 is 23.7 Å². The van der Waals surface area contributed by atoms with E-state index in [1.54, 1.807) is 48.5 Å². The highest BCUT2D eigenvalue weighted by Gasteiger charge is 2.46. The van der Waals surface area contributed by atoms with Crippen LogP contribution in [0.4, 0.5) is 0 Å². The Bertz CT molecular complexity index is 1140. The number of rotatable bonds is 9. The van der Waals surface area contributed by atoms with Crippen molar-refractivity contribution in [2.24, 2.45) is 5.92 Å². The second-order valence-electron chi connectivity index (χ2n) is 9.19. The first kappa shape index (κ1) is 26.0. The van der Waals surface area contributed by atoms with Crippen LogP contribution in [-0.2, 0) is 14.4 Å². The number of carbonyl (C=O) groups is 3. The largest absolute Gasteiger partial charge is 0.507 e. The SMILES string of the molecule is CC(=O)Oc1cccc(C2/C(=C(/O)c3cccc(OCC(C)C)c3)C(=O)C(=O)N2CCN(C)C)c1. The molecule has 0 aromatic heterocycles. The molecule has 186 valence electrons. The van der Waals surface area contributed by atoms with E-state index >= 15 is 0 Å². The smallest absolute Gasteiger partial charge is 0.308 e. The molecular weight excluding hydrogens is 448 g/mol. The number of carbonyl (C=O) groups excluding carboxylic acids is 3. The van der Waals surface area contributed by atoms with Gasteiger partial charge in [0.1, 0.15) is 17.3 Å². The van der Waals surface area contributed by atoms with E-state index in [1.807, 2.05) is 32.8 Å². The molecule has 0 spiro atoms. The van der Waals surface area contributed by atoms with Gasteiger partial charge < -0.3 is 24.4 Å². The monoisotopic (exact) mass is 480 g/mol. The number of hydrogen-bond acceptors (Lipinski definition) is 7. The zero-order valence-corrected chi connectivity index (χ0v) is 20.8. The third-order valence-corrected chi connectivity index (χ3v) is 5.45. The molecule has 1 aliphatic heterocycles. The minimum Gasteiger partial charge on any atom is -0.507 e. The van der Waals surface area contributed by atoms with Gasteiger partial charge in [-0.15, -0.1) is 0 Å². The zero-order valence-electron chi connectivity index (χ0n) is 20.8. The molecule has 1 aliphatic rings. The molecule has 1 saturated heterocycles. The van der Waals surface area contributed by atoms with Crippen LogP contribution in [0.1, 0.15) is 37.9 Å². The normalized spacial score (nSPS) is 17.3. The summed E-state index contributed by atoms with van der Waals surface area (Å²) in [5.41, 5.74) is 0.906. The molecule has 2 aromatic carbocycles. The van der Waals surface area contributed by atoms with Crippen LogP contribution in [0.15, 0.2) is 54.1 Å². The van der Waals surface area contributed by atoms with Gasteiger partial charge in [-0.3, -0.25) is 14.4 Å². The van der Waals surface area contributed by atoms with Crippen LogP contribution in [0.5, 0.6) is 11.5 Å². The van der Waals surface area contributed by atoms with Gasteiger partial charge in [-0.1, -0.05) is 38.1 Å². The van der Waals surface area contributed by atoms with E-state index in [2.05, 4.69) is 0 Å². The molecular formula is C27H32N2O6. The molecule has 1 atom stereocenters. The maximum Gasteiger partial charge on any atom is 0.308 e. The van der Waals surface area contributed by atoms with Crippen molar-refractivity contribution in [1.82, 2.24) is 9.80 Å². The molecule has 8 heteroatoms. The lowest BCUT2D eigenvalue weighted by Crippen LogP contribution is -2.35. The summed E-state index contributed by atoms with van der Waals surface area (Å²) in [6.07, 6.45) is 0. The Morgan fingerprint density at radius 3 is 2.43 bits per heavy atom. The highest BCUT2D eigenvalue weighted by Crippen LogP contribution is 2.40. The van der Waals surface area contributed by atoms with E-state index in [9.17, 15) is 19.5 Å². The summed E-state index contributed by atoms with van der Waals surface area (Å²) >= 11 is 0. The molecule has 0 bridgehead atoms. The standard InChI is InChI=1S/C27H32N2O6/c1-17(2)16-34-21-10-7-9-20(15-21)25(31)23-24(19-8-6-11-22(14-19)35-18(3)30)29(13-12-28(4)5)27(33)26(23)32/h6-11,14-15,17,24,31H,12-13,16H2,1-5H3/b25-23-. The average Bonchev–Trinajstić information content (AvgIpc) is 3.05. The van der Waals surface area contributed by atoms with E-state index in [4.69, 9.17) is 9.47 Å². The maximum atomic E-state index is 13.2. The predicted octanol–water partition coefficient (Wildman–Crippen LogP) is 3.63. The van der Waals surface area contributed by atoms with Crippen LogP contribution in [-0.4, -0.2) is 66.4 Å². The van der Waals surface area contributed by atoms with E-state index in [1.165, 1.54) is 11.8 Å². The first-order valence-electron chi connectivity index (χ1n) is 11.5. The lowest BCUT2D eigenvalue weighted by atomic mass is 9.95. The summed E-state index contributed by atoms with van der Waals surface area (Å²) in [5.74, 6) is -1.06. The van der Waals surface area contributed by atoms with Crippen molar-refractivity contribution in [1.29, 1.82) is 0 Å². The van der Waals surface area contributed by atoms with Gasteiger partial charge in [0.05, 0.1) is 18.2 Å². The fraction of sp³-hybridized carbons (Fsp3) is 0.370. The van der Waals surface area contributed by atoms with Crippen molar-refractivity contribution in [3.8, 4) is 11.5 Å². The Hall–Kier alpha value is -3.65. The summed E-state index contributed by atoms with van der Waals surface area (Å²) in [5, 5.41) is 11.3. The fourth-order valence-electron chi connectivity index (χ4n) is 3.83. The fourth-order valence-corrected chi connectivity index (χ4v) is 3.83. The number of amides is 1. The number of likely N-dealkylation sites (N-methyl/N-ethyl adjacent to an activating group) is 1. The van der Waals surface area contributed by atoms with E-state index in [0.717, 1.165) is 0 Å². The first-order valence-corrected chi connectivity index (χ1v) is 11.5. The van der Waals surface area contributed by atoms with Crippen molar-refractivity contribution in [3.05, 3.63) is 65.2 Å². The van der Waals surface area contributed by atoms with Crippen molar-refractivity contribution in [2.45, 2.75) is 26.8 Å². The molecule has 0 saturated carbocycles. The highest BCUT2D eigenvalue weighted by molar-refractivity contribution is 6.46. The second-order valence-corrected chi connectivity index (χ2v) is 9.19. The first-order chi connectivity index (χ1) is 16.6. The van der Waals surface area contributed by atoms with Gasteiger partial charge in [0, 0.05) is 25.6 Å². The third kappa shape index (κ3) is 6.27. The van der Waals surface area contributed by atoms with Crippen LogP contribution < -0.4 is 9.47 Å². The Balaban J connectivity index is 2.10. The van der Waals surface area contributed by atoms with Gasteiger partial charge in [-0.05, 0) is 49.8 Å². The zero-order chi connectivity index (χ0) is 25.7. The minimum atomic E-state index is -0.842. The molecule has 8 nitrogen and oxygen atoms in total. The molecule has 2 aromatic rings. The van der Waals surface area contributed by atoms with Gasteiger partial charge in [-0.25, -0.2) is 0 Å². The Morgan fingerprint density at radius 2 is 1.77 bits per heavy atom. The number of nitrogens with zero attached hydrogens (tertiary/aromatic N) is 2. The third-order valence-electron chi connectivity index (χ3n) is 5.45. The van der Waals surface area contributed by atoms with Crippen LogP contribution in [0.3, 0.4) is 0 Å². The molecule has 3 rings (SSSR count). The van der Waals surface area contributed by atoms with E-state index in [-0.39, 0.29) is 23.6 Å². The number of Topliss-reactive ketones (excluding diaryl/α,β-unsaturated/α-hetero) is 1. The van der Waals surface area contributed by atoms with Gasteiger partial charge in [0.25, 0.3) is 11.7 Å². The number of aliphatic hydroxyl groups excluding tert-OH is 1. The molecule has 0 radical (unpaired) electrons. The van der Waals surface area contributed by atoms with Gasteiger partial charge in [-0.2, -0.15) is 0 Å². The van der Waals surface area contributed by atoms with Crippen LogP contribution >= 0.6 is 0 Å². The number of hydrogen-bond donors (Lipinski definition) is 1. The number of ether oxygens (including phenoxy) is 2. The molecule has 0 aliphatic carbocycles. The van der Waals surface area contributed by atoms with E-state index in [0.29, 0.717) is 35.9 Å². The lowest BCUT2D eigenvalue weighted by Gasteiger charge is -2.26. The number of benzene rings is 2. The predicted molar refractivity (Wildman–Crippen MR) is 132 cm³/mol. The van der Waals surface area contributed by atoms with Gasteiger partial charge in [0.2, 0.25) is 0 Å². The highest BCUT2D eigenvalue weighted by atomic mass is 16.5. The number of likely N-dealkylation sites (tertiary alicyclic amines) is 1. The quantitative estimate of drug-likeness (QED) is 0.192. The summed E-state index contributed by atoms with van der Waals surface area (Å²) in [7, 11) is 3.74. The minimum absolute atomic E-state index is 0.0188.